The molecule has 19 heavy (non-hydrogen) atoms. The molecule has 5 nitrogen and oxygen atoms in total. The van der Waals surface area contributed by atoms with E-state index in [2.05, 4.69) is 10.3 Å². The lowest BCUT2D eigenvalue weighted by Crippen LogP contribution is -2.16. The predicted molar refractivity (Wildman–Crippen MR) is 66.1 cm³/mol. The van der Waals surface area contributed by atoms with E-state index in [1.807, 2.05) is 0 Å². The number of nitriles is 1. The average Bonchev–Trinajstić information content (AvgIpc) is 2.40. The Hall–Kier alpha value is -2.94. The zero-order valence-corrected chi connectivity index (χ0v) is 9.61. The lowest BCUT2D eigenvalue weighted by molar-refractivity contribution is 0.102. The highest BCUT2D eigenvalue weighted by molar-refractivity contribution is 6.04. The summed E-state index contributed by atoms with van der Waals surface area (Å²) in [5.74, 6) is -1.11. The Bertz CT molecular complexity index is 731. The van der Waals surface area contributed by atoms with Crippen molar-refractivity contribution in [3.8, 4) is 6.07 Å². The molecule has 0 saturated carbocycles. The minimum absolute atomic E-state index is 0.0122. The third-order valence-corrected chi connectivity index (χ3v) is 2.39. The van der Waals surface area contributed by atoms with Crippen molar-refractivity contribution in [3.05, 3.63) is 63.8 Å². The molecule has 1 heterocycles. The molecule has 0 bridgehead atoms. The van der Waals surface area contributed by atoms with Crippen LogP contribution in [0.15, 0.2) is 41.3 Å². The van der Waals surface area contributed by atoms with Crippen LogP contribution < -0.4 is 10.9 Å². The molecule has 0 saturated heterocycles. The maximum atomic E-state index is 12.9. The fraction of sp³-hybridized carbons (Fsp3) is 0. The standard InChI is InChI=1S/C13H8FN3O2/c14-10-1-2-11(9(5-10)7-15)17-13(19)8-3-4-16-12(18)6-8/h1-6H,(H,16,18)(H,17,19). The van der Waals surface area contributed by atoms with E-state index in [1.165, 1.54) is 18.3 Å². The van der Waals surface area contributed by atoms with E-state index in [-0.39, 0.29) is 16.8 Å². The number of nitrogens with one attached hydrogen (secondary N) is 2. The zero-order valence-electron chi connectivity index (χ0n) is 9.61. The Morgan fingerprint density at radius 2 is 2.11 bits per heavy atom. The van der Waals surface area contributed by atoms with Gasteiger partial charge in [-0.3, -0.25) is 9.59 Å². The lowest BCUT2D eigenvalue weighted by Gasteiger charge is -2.06. The van der Waals surface area contributed by atoms with Crippen molar-refractivity contribution in [1.29, 1.82) is 5.26 Å². The van der Waals surface area contributed by atoms with Gasteiger partial charge in [0.25, 0.3) is 5.91 Å². The number of carbonyl (C=O) groups is 1. The SMILES string of the molecule is N#Cc1cc(F)ccc1NC(=O)c1cc[nH]c(=O)c1. The number of carbonyl (C=O) groups excluding carboxylic acids is 1. The second-order valence-corrected chi connectivity index (χ2v) is 3.70. The van der Waals surface area contributed by atoms with Crippen molar-refractivity contribution in [3.63, 3.8) is 0 Å². The van der Waals surface area contributed by atoms with Gasteiger partial charge in [-0.1, -0.05) is 0 Å². The van der Waals surface area contributed by atoms with E-state index in [1.54, 1.807) is 6.07 Å². The van der Waals surface area contributed by atoms with Crippen LogP contribution in [0.3, 0.4) is 0 Å². The summed E-state index contributed by atoms with van der Waals surface area (Å²) in [6.45, 7) is 0. The molecule has 6 heteroatoms. The maximum Gasteiger partial charge on any atom is 0.255 e. The van der Waals surface area contributed by atoms with Crippen LogP contribution in [0.25, 0.3) is 0 Å². The van der Waals surface area contributed by atoms with E-state index in [0.717, 1.165) is 18.2 Å². The van der Waals surface area contributed by atoms with Crippen LogP contribution in [0.4, 0.5) is 10.1 Å². The highest BCUT2D eigenvalue weighted by Crippen LogP contribution is 2.16. The number of nitrogens with zero attached hydrogens (tertiary/aromatic N) is 1. The van der Waals surface area contributed by atoms with Crippen molar-refractivity contribution >= 4 is 11.6 Å². The number of anilines is 1. The highest BCUT2D eigenvalue weighted by Gasteiger charge is 2.10. The minimum atomic E-state index is -0.564. The number of aromatic amines is 1. The summed E-state index contributed by atoms with van der Waals surface area (Å²) in [5, 5.41) is 11.3. The molecule has 0 spiro atoms. The van der Waals surface area contributed by atoms with Crippen LogP contribution in [-0.2, 0) is 0 Å². The monoisotopic (exact) mass is 257 g/mol. The van der Waals surface area contributed by atoms with Crippen LogP contribution in [0.5, 0.6) is 0 Å². The molecule has 1 amide bonds. The first kappa shape index (κ1) is 12.5. The maximum absolute atomic E-state index is 12.9. The Kier molecular flexibility index (Phi) is 3.39. The first-order valence-corrected chi connectivity index (χ1v) is 5.30. The molecular weight excluding hydrogens is 249 g/mol. The molecule has 2 N–H and O–H groups in total. The summed E-state index contributed by atoms with van der Waals surface area (Å²) in [4.78, 5) is 25.3. The van der Waals surface area contributed by atoms with Gasteiger partial charge in [0.05, 0.1) is 11.3 Å². The fourth-order valence-corrected chi connectivity index (χ4v) is 1.50. The summed E-state index contributed by atoms with van der Waals surface area (Å²) in [7, 11) is 0. The second-order valence-electron chi connectivity index (χ2n) is 3.70. The first-order chi connectivity index (χ1) is 9.10. The molecular formula is C13H8FN3O2. The van der Waals surface area contributed by atoms with Gasteiger partial charge in [-0.2, -0.15) is 5.26 Å². The van der Waals surface area contributed by atoms with E-state index in [0.29, 0.717) is 0 Å². The Morgan fingerprint density at radius 3 is 2.79 bits per heavy atom. The largest absolute Gasteiger partial charge is 0.329 e. The van der Waals surface area contributed by atoms with Crippen molar-refractivity contribution in [1.82, 2.24) is 4.98 Å². The van der Waals surface area contributed by atoms with E-state index in [9.17, 15) is 14.0 Å². The minimum Gasteiger partial charge on any atom is -0.329 e. The van der Waals surface area contributed by atoms with Gasteiger partial charge in [0.1, 0.15) is 11.9 Å². The summed E-state index contributed by atoms with van der Waals surface area (Å²) in [6, 6.07) is 7.78. The quantitative estimate of drug-likeness (QED) is 0.857. The number of H-pyrrole nitrogens is 1. The number of rotatable bonds is 2. The third kappa shape index (κ3) is 2.84. The van der Waals surface area contributed by atoms with Crippen LogP contribution in [0.2, 0.25) is 0 Å². The van der Waals surface area contributed by atoms with Gasteiger partial charge in [-0.15, -0.1) is 0 Å². The lowest BCUT2D eigenvalue weighted by atomic mass is 10.1. The van der Waals surface area contributed by atoms with E-state index in [4.69, 9.17) is 5.26 Å². The van der Waals surface area contributed by atoms with E-state index < -0.39 is 17.3 Å². The predicted octanol–water partition coefficient (Wildman–Crippen LogP) is 1.64. The van der Waals surface area contributed by atoms with Crippen molar-refractivity contribution in [2.75, 3.05) is 5.32 Å². The summed E-state index contributed by atoms with van der Waals surface area (Å²) >= 11 is 0. The molecule has 0 aliphatic heterocycles. The van der Waals surface area contributed by atoms with Gasteiger partial charge < -0.3 is 10.3 Å². The number of aromatic nitrogens is 1. The number of amides is 1. The van der Waals surface area contributed by atoms with Gasteiger partial charge in [-0.25, -0.2) is 4.39 Å². The van der Waals surface area contributed by atoms with Crippen molar-refractivity contribution in [2.24, 2.45) is 0 Å². The number of benzene rings is 1. The highest BCUT2D eigenvalue weighted by atomic mass is 19.1. The molecule has 0 atom stereocenters. The zero-order chi connectivity index (χ0) is 13.8. The topological polar surface area (TPSA) is 85.8 Å². The smallest absolute Gasteiger partial charge is 0.255 e. The molecule has 0 aliphatic carbocycles. The molecule has 94 valence electrons. The number of hydrogen-bond acceptors (Lipinski definition) is 3. The fourth-order valence-electron chi connectivity index (χ4n) is 1.50. The number of pyridine rings is 1. The van der Waals surface area contributed by atoms with Crippen LogP contribution in [0.1, 0.15) is 15.9 Å². The molecule has 0 aliphatic rings. The Balaban J connectivity index is 2.30. The van der Waals surface area contributed by atoms with Gasteiger partial charge in [0.2, 0.25) is 5.56 Å². The molecule has 0 fully saturated rings. The van der Waals surface area contributed by atoms with Gasteiger partial charge in [0, 0.05) is 17.8 Å². The molecule has 1 aromatic carbocycles. The molecule has 2 rings (SSSR count). The molecule has 1 aromatic heterocycles. The average molecular weight is 257 g/mol. The van der Waals surface area contributed by atoms with Crippen LogP contribution in [0, 0.1) is 17.1 Å². The first-order valence-electron chi connectivity index (χ1n) is 5.30. The Morgan fingerprint density at radius 1 is 1.32 bits per heavy atom. The van der Waals surface area contributed by atoms with Crippen LogP contribution in [-0.4, -0.2) is 10.9 Å². The molecule has 0 radical (unpaired) electrons. The van der Waals surface area contributed by atoms with Crippen molar-refractivity contribution < 1.29 is 9.18 Å². The second kappa shape index (κ2) is 5.14. The normalized spacial score (nSPS) is 9.68. The number of halogens is 1. The van der Waals surface area contributed by atoms with Crippen LogP contribution >= 0.6 is 0 Å². The van der Waals surface area contributed by atoms with E-state index >= 15 is 0 Å². The van der Waals surface area contributed by atoms with Gasteiger partial charge in [0.15, 0.2) is 0 Å². The molecule has 0 unspecified atom stereocenters. The summed E-state index contributed by atoms with van der Waals surface area (Å²) in [6.07, 6.45) is 1.34. The number of hydrogen-bond donors (Lipinski definition) is 2. The molecule has 2 aromatic rings. The van der Waals surface area contributed by atoms with Gasteiger partial charge >= 0.3 is 0 Å². The van der Waals surface area contributed by atoms with Crippen molar-refractivity contribution in [2.45, 2.75) is 0 Å². The van der Waals surface area contributed by atoms with Gasteiger partial charge in [-0.05, 0) is 24.3 Å². The summed E-state index contributed by atoms with van der Waals surface area (Å²) in [5.41, 5.74) is -0.0587. The third-order valence-electron chi connectivity index (χ3n) is 2.39. The Labute approximate surface area is 107 Å². The summed E-state index contributed by atoms with van der Waals surface area (Å²) < 4.78 is 12.9.